The first-order valence-electron chi connectivity index (χ1n) is 9.62. The van der Waals surface area contributed by atoms with Gasteiger partial charge in [0.15, 0.2) is 0 Å². The Balaban J connectivity index is 0.00000240. The number of benzene rings is 2. The SMILES string of the molecule is Cl.O=C(NCc1cn(-c2ccccc2)nc1-c1ccc(F)cc1)C1CCCCN1. The number of nitrogens with zero attached hydrogens (tertiary/aromatic N) is 2. The van der Waals surface area contributed by atoms with Gasteiger partial charge in [-0.25, -0.2) is 9.07 Å². The number of hydrogen-bond donors (Lipinski definition) is 2. The van der Waals surface area contributed by atoms with E-state index >= 15 is 0 Å². The predicted octanol–water partition coefficient (Wildman–Crippen LogP) is 3.86. The Kier molecular flexibility index (Phi) is 7.01. The fourth-order valence-corrected chi connectivity index (χ4v) is 3.48. The number of aromatic nitrogens is 2. The number of carbonyl (C=O) groups excluding carboxylic acids is 1. The van der Waals surface area contributed by atoms with Crippen molar-refractivity contribution >= 4 is 18.3 Å². The van der Waals surface area contributed by atoms with Crippen LogP contribution in [-0.2, 0) is 11.3 Å². The highest BCUT2D eigenvalue weighted by molar-refractivity contribution is 5.85. The molecule has 1 amide bonds. The summed E-state index contributed by atoms with van der Waals surface area (Å²) in [7, 11) is 0. The maximum absolute atomic E-state index is 13.3. The van der Waals surface area contributed by atoms with Crippen molar-refractivity contribution in [1.82, 2.24) is 20.4 Å². The van der Waals surface area contributed by atoms with Crippen molar-refractivity contribution in [3.05, 3.63) is 72.2 Å². The van der Waals surface area contributed by atoms with Crippen LogP contribution < -0.4 is 10.6 Å². The maximum atomic E-state index is 13.3. The van der Waals surface area contributed by atoms with E-state index in [4.69, 9.17) is 5.10 Å². The van der Waals surface area contributed by atoms with E-state index in [1.807, 2.05) is 36.5 Å². The van der Waals surface area contributed by atoms with Gasteiger partial charge in [0.2, 0.25) is 5.91 Å². The van der Waals surface area contributed by atoms with E-state index in [-0.39, 0.29) is 30.2 Å². The average molecular weight is 415 g/mol. The zero-order chi connectivity index (χ0) is 19.3. The summed E-state index contributed by atoms with van der Waals surface area (Å²) in [5.41, 5.74) is 3.37. The molecule has 2 aromatic carbocycles. The minimum atomic E-state index is -0.288. The van der Waals surface area contributed by atoms with Crippen LogP contribution in [0.5, 0.6) is 0 Å². The smallest absolute Gasteiger partial charge is 0.237 e. The Labute approximate surface area is 175 Å². The van der Waals surface area contributed by atoms with Gasteiger partial charge in [0, 0.05) is 23.9 Å². The van der Waals surface area contributed by atoms with Gasteiger partial charge in [-0.15, -0.1) is 12.4 Å². The van der Waals surface area contributed by atoms with Crippen molar-refractivity contribution in [2.24, 2.45) is 0 Å². The second-order valence-electron chi connectivity index (χ2n) is 7.01. The lowest BCUT2D eigenvalue weighted by atomic mass is 10.0. The molecule has 0 saturated carbocycles. The lowest BCUT2D eigenvalue weighted by molar-refractivity contribution is -0.123. The number of para-hydroxylation sites is 1. The summed E-state index contributed by atoms with van der Waals surface area (Å²) in [5.74, 6) is -0.276. The fraction of sp³-hybridized carbons (Fsp3) is 0.273. The lowest BCUT2D eigenvalue weighted by Crippen LogP contribution is -2.46. The van der Waals surface area contributed by atoms with Crippen molar-refractivity contribution in [3.8, 4) is 16.9 Å². The summed E-state index contributed by atoms with van der Waals surface area (Å²) >= 11 is 0. The number of hydrogen-bond acceptors (Lipinski definition) is 3. The third-order valence-corrected chi connectivity index (χ3v) is 5.01. The summed E-state index contributed by atoms with van der Waals surface area (Å²) < 4.78 is 15.1. The maximum Gasteiger partial charge on any atom is 0.237 e. The molecule has 4 rings (SSSR count). The molecule has 1 aromatic heterocycles. The molecule has 0 radical (unpaired) electrons. The molecule has 2 heterocycles. The minimum absolute atomic E-state index is 0. The third kappa shape index (κ3) is 5.02. The molecule has 2 N–H and O–H groups in total. The monoisotopic (exact) mass is 414 g/mol. The van der Waals surface area contributed by atoms with Crippen LogP contribution in [0.2, 0.25) is 0 Å². The van der Waals surface area contributed by atoms with E-state index in [0.29, 0.717) is 6.54 Å². The van der Waals surface area contributed by atoms with E-state index in [1.165, 1.54) is 12.1 Å². The van der Waals surface area contributed by atoms with Crippen LogP contribution in [0.3, 0.4) is 0 Å². The largest absolute Gasteiger partial charge is 0.351 e. The first kappa shape index (κ1) is 21.0. The van der Waals surface area contributed by atoms with Gasteiger partial charge >= 0.3 is 0 Å². The van der Waals surface area contributed by atoms with Crippen molar-refractivity contribution < 1.29 is 9.18 Å². The molecule has 0 aliphatic carbocycles. The molecule has 3 aromatic rings. The van der Waals surface area contributed by atoms with E-state index in [9.17, 15) is 9.18 Å². The van der Waals surface area contributed by atoms with Crippen molar-refractivity contribution in [2.75, 3.05) is 6.54 Å². The molecule has 1 unspecified atom stereocenters. The minimum Gasteiger partial charge on any atom is -0.351 e. The lowest BCUT2D eigenvalue weighted by Gasteiger charge is -2.22. The van der Waals surface area contributed by atoms with Gasteiger partial charge in [-0.3, -0.25) is 4.79 Å². The van der Waals surface area contributed by atoms with Crippen LogP contribution in [0.25, 0.3) is 16.9 Å². The van der Waals surface area contributed by atoms with Gasteiger partial charge in [-0.05, 0) is 55.8 Å². The number of rotatable bonds is 5. The van der Waals surface area contributed by atoms with Crippen molar-refractivity contribution in [3.63, 3.8) is 0 Å². The van der Waals surface area contributed by atoms with Crippen LogP contribution in [0.1, 0.15) is 24.8 Å². The summed E-state index contributed by atoms with van der Waals surface area (Å²) in [4.78, 5) is 12.5. The molecular formula is C22H24ClFN4O. The second kappa shape index (κ2) is 9.67. The van der Waals surface area contributed by atoms with Crippen LogP contribution in [0.15, 0.2) is 60.8 Å². The normalized spacial score (nSPS) is 16.1. The Hall–Kier alpha value is -2.70. The van der Waals surface area contributed by atoms with Gasteiger partial charge in [0.1, 0.15) is 5.82 Å². The number of carbonyl (C=O) groups is 1. The molecule has 1 atom stereocenters. The molecule has 29 heavy (non-hydrogen) atoms. The number of nitrogens with one attached hydrogen (secondary N) is 2. The highest BCUT2D eigenvalue weighted by Crippen LogP contribution is 2.24. The quantitative estimate of drug-likeness (QED) is 0.666. The first-order valence-corrected chi connectivity index (χ1v) is 9.62. The van der Waals surface area contributed by atoms with Gasteiger partial charge in [0.05, 0.1) is 17.4 Å². The van der Waals surface area contributed by atoms with E-state index in [1.54, 1.807) is 16.8 Å². The molecule has 0 spiro atoms. The van der Waals surface area contributed by atoms with Gasteiger partial charge in [-0.2, -0.15) is 5.10 Å². The zero-order valence-electron chi connectivity index (χ0n) is 16.0. The predicted molar refractivity (Wildman–Crippen MR) is 114 cm³/mol. The second-order valence-corrected chi connectivity index (χ2v) is 7.01. The first-order chi connectivity index (χ1) is 13.7. The highest BCUT2D eigenvalue weighted by atomic mass is 35.5. The molecule has 1 saturated heterocycles. The summed E-state index contributed by atoms with van der Waals surface area (Å²) in [6.45, 7) is 1.25. The number of halogens is 2. The van der Waals surface area contributed by atoms with Crippen LogP contribution in [0.4, 0.5) is 4.39 Å². The summed E-state index contributed by atoms with van der Waals surface area (Å²) in [5, 5.41) is 11.0. The molecule has 1 aliphatic heterocycles. The Morgan fingerprint density at radius 3 is 2.59 bits per heavy atom. The van der Waals surface area contributed by atoms with Crippen LogP contribution in [-0.4, -0.2) is 28.3 Å². The number of piperidine rings is 1. The van der Waals surface area contributed by atoms with E-state index < -0.39 is 0 Å². The zero-order valence-corrected chi connectivity index (χ0v) is 16.8. The fourth-order valence-electron chi connectivity index (χ4n) is 3.48. The summed E-state index contributed by atoms with van der Waals surface area (Å²) in [6.07, 6.45) is 4.96. The molecule has 1 aliphatic rings. The molecule has 7 heteroatoms. The Bertz CT molecular complexity index is 937. The van der Waals surface area contributed by atoms with Gasteiger partial charge < -0.3 is 10.6 Å². The van der Waals surface area contributed by atoms with Gasteiger partial charge in [-0.1, -0.05) is 24.6 Å². The van der Waals surface area contributed by atoms with Crippen LogP contribution in [0, 0.1) is 5.82 Å². The molecule has 5 nitrogen and oxygen atoms in total. The number of amides is 1. The Morgan fingerprint density at radius 2 is 1.90 bits per heavy atom. The van der Waals surface area contributed by atoms with E-state index in [0.717, 1.165) is 48.3 Å². The van der Waals surface area contributed by atoms with Crippen molar-refractivity contribution in [2.45, 2.75) is 31.8 Å². The third-order valence-electron chi connectivity index (χ3n) is 5.01. The van der Waals surface area contributed by atoms with Crippen LogP contribution >= 0.6 is 12.4 Å². The summed E-state index contributed by atoms with van der Waals surface area (Å²) in [6, 6.07) is 15.9. The molecule has 0 bridgehead atoms. The molecule has 152 valence electrons. The average Bonchev–Trinajstić information content (AvgIpc) is 3.18. The van der Waals surface area contributed by atoms with Crippen molar-refractivity contribution in [1.29, 1.82) is 0 Å². The molecule has 1 fully saturated rings. The Morgan fingerprint density at radius 1 is 1.14 bits per heavy atom. The van der Waals surface area contributed by atoms with E-state index in [2.05, 4.69) is 10.6 Å². The standard InChI is InChI=1S/C22H23FN4O.ClH/c23-18-11-9-16(10-12-18)21-17(14-25-22(28)20-8-4-5-13-24-20)15-27(26-21)19-6-2-1-3-7-19;/h1-3,6-7,9-12,15,20,24H,4-5,8,13-14H2,(H,25,28);1H. The van der Waals surface area contributed by atoms with Gasteiger partial charge in [0.25, 0.3) is 0 Å². The molecular weight excluding hydrogens is 391 g/mol. The highest BCUT2D eigenvalue weighted by Gasteiger charge is 2.21. The topological polar surface area (TPSA) is 59.0 Å².